The van der Waals surface area contributed by atoms with Crippen molar-refractivity contribution in [3.05, 3.63) is 0 Å². The Labute approximate surface area is 195 Å². The Bertz CT molecular complexity index is 843. The first-order valence-electron chi connectivity index (χ1n) is 14.1. The van der Waals surface area contributed by atoms with Crippen molar-refractivity contribution >= 4 is 0 Å². The van der Waals surface area contributed by atoms with Crippen LogP contribution in [0.15, 0.2) is 0 Å². The molecular weight excluding hydrogens is 394 g/mol. The van der Waals surface area contributed by atoms with E-state index < -0.39 is 0 Å². The van der Waals surface area contributed by atoms with Gasteiger partial charge in [-0.15, -0.1) is 0 Å². The molecule has 7 aliphatic rings. The lowest BCUT2D eigenvalue weighted by molar-refractivity contribution is -0.412. The number of nitriles is 1. The molecule has 11 atom stereocenters. The largest absolute Gasteiger partial charge is 0.347 e. The number of rotatable bonds is 3. The van der Waals surface area contributed by atoms with Gasteiger partial charge >= 0.3 is 0 Å². The molecule has 3 heteroatoms. The number of nitrogens with zero attached hydrogens (tertiary/aromatic N) is 1. The molecular formula is C29H43NO2. The van der Waals surface area contributed by atoms with Crippen molar-refractivity contribution in [1.82, 2.24) is 0 Å². The quantitative estimate of drug-likeness (QED) is 0.501. The highest BCUT2D eigenvalue weighted by molar-refractivity contribution is 5.29. The third-order valence-corrected chi connectivity index (χ3v) is 13.6. The second-order valence-corrected chi connectivity index (χ2v) is 13.8. The summed E-state index contributed by atoms with van der Waals surface area (Å²) in [5.41, 5.74) is 1.58. The van der Waals surface area contributed by atoms with Gasteiger partial charge in [0.2, 0.25) is 0 Å². The van der Waals surface area contributed by atoms with Gasteiger partial charge < -0.3 is 9.47 Å². The van der Waals surface area contributed by atoms with E-state index in [0.717, 1.165) is 68.0 Å². The van der Waals surface area contributed by atoms with Gasteiger partial charge in [0, 0.05) is 18.8 Å². The summed E-state index contributed by atoms with van der Waals surface area (Å²) in [6.07, 6.45) is 14.5. The number of hydrogen-bond donors (Lipinski definition) is 0. The summed E-state index contributed by atoms with van der Waals surface area (Å²) < 4.78 is 12.8. The first-order valence-corrected chi connectivity index (χ1v) is 14.1. The fourth-order valence-electron chi connectivity index (χ4n) is 12.6. The van der Waals surface area contributed by atoms with Crippen LogP contribution in [0.2, 0.25) is 0 Å². The fraction of sp³-hybridized carbons (Fsp3) is 0.966. The second-order valence-electron chi connectivity index (χ2n) is 13.8. The molecule has 0 amide bonds. The molecule has 176 valence electrons. The van der Waals surface area contributed by atoms with Crippen molar-refractivity contribution in [3.63, 3.8) is 0 Å². The van der Waals surface area contributed by atoms with Crippen LogP contribution in [0.3, 0.4) is 0 Å². The van der Waals surface area contributed by atoms with Crippen molar-refractivity contribution in [2.75, 3.05) is 13.2 Å². The van der Waals surface area contributed by atoms with E-state index in [4.69, 9.17) is 14.7 Å². The van der Waals surface area contributed by atoms with E-state index in [1.54, 1.807) is 0 Å². The van der Waals surface area contributed by atoms with E-state index in [9.17, 15) is 0 Å². The van der Waals surface area contributed by atoms with Gasteiger partial charge in [0.25, 0.3) is 0 Å². The fourth-order valence-corrected chi connectivity index (χ4v) is 12.6. The number of fused-ring (bicyclic) bond motifs is 5. The zero-order valence-corrected chi connectivity index (χ0v) is 20.6. The van der Waals surface area contributed by atoms with E-state index in [1.165, 1.54) is 51.4 Å². The SMILES string of the molecule is C[C@H](CCC#N)C1CCC2C3CC4CC5C[C@H]6C7(CC[C@](C)(C3CC[C@@]21C)[C@@]456)OCCO7. The number of ether oxygens (including phenoxy) is 2. The summed E-state index contributed by atoms with van der Waals surface area (Å²) in [4.78, 5) is 0. The summed E-state index contributed by atoms with van der Waals surface area (Å²) >= 11 is 0. The first-order chi connectivity index (χ1) is 15.4. The van der Waals surface area contributed by atoms with Crippen molar-refractivity contribution < 1.29 is 9.47 Å². The molecule has 0 aromatic heterocycles. The minimum Gasteiger partial charge on any atom is -0.347 e. The maximum atomic E-state index is 9.14. The molecule has 2 spiro atoms. The highest BCUT2D eigenvalue weighted by atomic mass is 16.7. The predicted molar refractivity (Wildman–Crippen MR) is 123 cm³/mol. The summed E-state index contributed by atoms with van der Waals surface area (Å²) in [5, 5.41) is 9.14. The molecule has 7 rings (SSSR count). The van der Waals surface area contributed by atoms with Crippen LogP contribution in [0.1, 0.15) is 91.4 Å². The summed E-state index contributed by atoms with van der Waals surface area (Å²) in [5.74, 6) is 6.71. The molecule has 6 aliphatic carbocycles. The summed E-state index contributed by atoms with van der Waals surface area (Å²) in [6, 6.07) is 2.41. The smallest absolute Gasteiger partial charge is 0.171 e. The molecule has 0 aromatic rings. The Morgan fingerprint density at radius 3 is 2.47 bits per heavy atom. The van der Waals surface area contributed by atoms with Crippen LogP contribution in [-0.2, 0) is 9.47 Å². The maximum Gasteiger partial charge on any atom is 0.171 e. The van der Waals surface area contributed by atoms with Crippen LogP contribution in [0.25, 0.3) is 0 Å². The lowest BCUT2D eigenvalue weighted by atomic mass is 9.21. The van der Waals surface area contributed by atoms with E-state index in [2.05, 4.69) is 26.8 Å². The Morgan fingerprint density at radius 2 is 1.72 bits per heavy atom. The van der Waals surface area contributed by atoms with Gasteiger partial charge in [-0.05, 0) is 115 Å². The Morgan fingerprint density at radius 1 is 0.938 bits per heavy atom. The molecule has 32 heavy (non-hydrogen) atoms. The molecule has 6 saturated carbocycles. The van der Waals surface area contributed by atoms with Gasteiger partial charge in [-0.2, -0.15) is 5.26 Å². The Hall–Kier alpha value is -0.590. The van der Waals surface area contributed by atoms with Gasteiger partial charge in [0.1, 0.15) is 0 Å². The van der Waals surface area contributed by atoms with Crippen LogP contribution in [0.4, 0.5) is 0 Å². The van der Waals surface area contributed by atoms with E-state index in [-0.39, 0.29) is 5.79 Å². The minimum atomic E-state index is -0.209. The van der Waals surface area contributed by atoms with Gasteiger partial charge in [-0.3, -0.25) is 0 Å². The standard InChI is InChI=1S/C29H43NO2/c1-18(5-4-12-30)22-6-7-23-21-16-19-15-20-17-25-28(31-13-14-32-28)11-10-27(3,29(19,20)25)24(21)8-9-26(22,23)2/h18-25H,4-11,13-17H2,1-3H3/t18-,19?,20?,21?,22?,23?,24?,25+,26-,27-,29+/m1/s1. The first kappa shape index (κ1) is 20.8. The van der Waals surface area contributed by atoms with Crippen LogP contribution in [0.5, 0.6) is 0 Å². The van der Waals surface area contributed by atoms with Crippen LogP contribution in [0, 0.1) is 74.9 Å². The highest BCUT2D eigenvalue weighted by Gasteiger charge is 2.83. The molecule has 6 unspecified atom stereocenters. The van der Waals surface area contributed by atoms with Gasteiger partial charge in [0.05, 0.1) is 19.3 Å². The van der Waals surface area contributed by atoms with Gasteiger partial charge in [-0.25, -0.2) is 0 Å². The Kier molecular flexibility index (Phi) is 4.24. The van der Waals surface area contributed by atoms with Crippen LogP contribution >= 0.6 is 0 Å². The maximum absolute atomic E-state index is 9.14. The van der Waals surface area contributed by atoms with E-state index >= 15 is 0 Å². The highest BCUT2D eigenvalue weighted by Crippen LogP contribution is 2.86. The monoisotopic (exact) mass is 437 g/mol. The van der Waals surface area contributed by atoms with Crippen molar-refractivity contribution in [3.8, 4) is 6.07 Å². The normalized spacial score (nSPS) is 57.2. The topological polar surface area (TPSA) is 42.2 Å². The molecule has 1 heterocycles. The van der Waals surface area contributed by atoms with Gasteiger partial charge in [0.15, 0.2) is 5.79 Å². The van der Waals surface area contributed by atoms with Crippen molar-refractivity contribution in [1.29, 1.82) is 5.26 Å². The van der Waals surface area contributed by atoms with E-state index in [0.29, 0.717) is 28.1 Å². The summed E-state index contributed by atoms with van der Waals surface area (Å²) in [7, 11) is 0. The molecule has 0 radical (unpaired) electrons. The average Bonchev–Trinajstić information content (AvgIpc) is 3.37. The van der Waals surface area contributed by atoms with Crippen molar-refractivity contribution in [2.45, 2.75) is 97.2 Å². The lowest BCUT2D eigenvalue weighted by Gasteiger charge is -2.84. The predicted octanol–water partition coefficient (Wildman–Crippen LogP) is 6.57. The molecule has 7 fully saturated rings. The molecule has 1 aliphatic heterocycles. The van der Waals surface area contributed by atoms with E-state index in [1.807, 2.05) is 0 Å². The van der Waals surface area contributed by atoms with Crippen LogP contribution in [-0.4, -0.2) is 19.0 Å². The van der Waals surface area contributed by atoms with Crippen LogP contribution < -0.4 is 0 Å². The molecule has 3 nitrogen and oxygen atoms in total. The molecule has 0 N–H and O–H groups in total. The average molecular weight is 438 g/mol. The Balaban J connectivity index is 1.20. The second kappa shape index (κ2) is 6.54. The number of hydrogen-bond acceptors (Lipinski definition) is 3. The lowest BCUT2D eigenvalue weighted by Crippen LogP contribution is -2.80. The zero-order valence-electron chi connectivity index (χ0n) is 20.6. The third kappa shape index (κ3) is 2.14. The third-order valence-electron chi connectivity index (χ3n) is 13.6. The zero-order chi connectivity index (χ0) is 21.9. The molecule has 1 saturated heterocycles. The van der Waals surface area contributed by atoms with Crippen molar-refractivity contribution in [2.24, 2.45) is 63.6 Å². The summed E-state index contributed by atoms with van der Waals surface area (Å²) in [6.45, 7) is 9.51. The molecule has 0 aromatic carbocycles. The van der Waals surface area contributed by atoms with Gasteiger partial charge in [-0.1, -0.05) is 20.8 Å². The molecule has 0 bridgehead atoms. The minimum absolute atomic E-state index is 0.209.